The lowest BCUT2D eigenvalue weighted by molar-refractivity contribution is 0.103. The van der Waals surface area contributed by atoms with Crippen LogP contribution < -0.4 is 10.6 Å². The monoisotopic (exact) mass is 445 g/mol. The van der Waals surface area contributed by atoms with Crippen molar-refractivity contribution in [1.82, 2.24) is 25.1 Å². The van der Waals surface area contributed by atoms with Crippen LogP contribution in [-0.4, -0.2) is 31.1 Å². The molecule has 0 aliphatic heterocycles. The van der Waals surface area contributed by atoms with Gasteiger partial charge in [-0.25, -0.2) is 15.0 Å². The zero-order chi connectivity index (χ0) is 22.1. The highest BCUT2D eigenvalue weighted by Gasteiger charge is 2.15. The van der Waals surface area contributed by atoms with Crippen molar-refractivity contribution in [3.63, 3.8) is 0 Å². The van der Waals surface area contributed by atoms with Crippen molar-refractivity contribution in [3.8, 4) is 11.3 Å². The van der Waals surface area contributed by atoms with Crippen LogP contribution in [0, 0.1) is 12.9 Å². The maximum absolute atomic E-state index is 14.0. The van der Waals surface area contributed by atoms with Crippen LogP contribution in [0.15, 0.2) is 61.1 Å². The first kappa shape index (κ1) is 19.8. The first-order chi connectivity index (χ1) is 15.6. The molecule has 3 N–H and O–H groups in total. The van der Waals surface area contributed by atoms with Gasteiger partial charge in [0.05, 0.1) is 34.9 Å². The number of fused-ring (bicyclic) bond motifs is 1. The van der Waals surface area contributed by atoms with E-state index in [1.807, 2.05) is 19.1 Å². The second-order valence-electron chi connectivity index (χ2n) is 6.95. The predicted octanol–water partition coefficient (Wildman–Crippen LogP) is 4.92. The summed E-state index contributed by atoms with van der Waals surface area (Å²) in [5.41, 5.74) is 3.22. The van der Waals surface area contributed by atoms with E-state index in [1.165, 1.54) is 23.7 Å². The summed E-state index contributed by atoms with van der Waals surface area (Å²) >= 11 is 1.19. The van der Waals surface area contributed by atoms with Gasteiger partial charge in [-0.1, -0.05) is 23.5 Å². The van der Waals surface area contributed by atoms with Gasteiger partial charge < -0.3 is 10.6 Å². The fraction of sp³-hybridized carbons (Fsp3) is 0.0455. The van der Waals surface area contributed by atoms with Crippen molar-refractivity contribution >= 4 is 44.8 Å². The summed E-state index contributed by atoms with van der Waals surface area (Å²) in [6.45, 7) is 1.92. The van der Waals surface area contributed by atoms with Crippen LogP contribution in [-0.2, 0) is 0 Å². The molecule has 1 amide bonds. The number of carbonyl (C=O) groups is 1. The molecular formula is C22H16FN7OS. The zero-order valence-electron chi connectivity index (χ0n) is 16.8. The fourth-order valence-electron chi connectivity index (χ4n) is 3.25. The highest BCUT2D eigenvalue weighted by atomic mass is 32.1. The Labute approximate surface area is 185 Å². The van der Waals surface area contributed by atoms with Crippen LogP contribution in [0.4, 0.5) is 21.0 Å². The van der Waals surface area contributed by atoms with E-state index in [9.17, 15) is 9.18 Å². The molecule has 158 valence electrons. The number of aryl methyl sites for hydroxylation is 1. The Morgan fingerprint density at radius 1 is 1.09 bits per heavy atom. The quantitative estimate of drug-likeness (QED) is 0.331. The predicted molar refractivity (Wildman–Crippen MR) is 122 cm³/mol. The van der Waals surface area contributed by atoms with Crippen LogP contribution in [0.2, 0.25) is 0 Å². The van der Waals surface area contributed by atoms with E-state index in [-0.39, 0.29) is 5.91 Å². The molecule has 10 heteroatoms. The molecule has 4 aromatic heterocycles. The summed E-state index contributed by atoms with van der Waals surface area (Å²) in [7, 11) is 0. The average Bonchev–Trinajstić information content (AvgIpc) is 3.46. The number of rotatable bonds is 5. The molecule has 4 heterocycles. The van der Waals surface area contributed by atoms with E-state index in [1.54, 1.807) is 36.5 Å². The van der Waals surface area contributed by atoms with Crippen LogP contribution in [0.25, 0.3) is 22.2 Å². The summed E-state index contributed by atoms with van der Waals surface area (Å²) in [6, 6.07) is 12.3. The van der Waals surface area contributed by atoms with Gasteiger partial charge in [-0.05, 0) is 42.8 Å². The number of aromatic nitrogens is 5. The molecule has 0 bridgehead atoms. The number of amides is 1. The molecule has 0 saturated carbocycles. The number of hydrogen-bond donors (Lipinski definition) is 3. The lowest BCUT2D eigenvalue weighted by Crippen LogP contribution is -2.11. The number of nitrogens with zero attached hydrogens (tertiary/aromatic N) is 4. The third kappa shape index (κ3) is 3.79. The Bertz CT molecular complexity index is 1450. The van der Waals surface area contributed by atoms with E-state index < -0.39 is 5.95 Å². The van der Waals surface area contributed by atoms with Crippen molar-refractivity contribution in [3.05, 3.63) is 77.4 Å². The maximum atomic E-state index is 14.0. The molecule has 1 aromatic carbocycles. The van der Waals surface area contributed by atoms with Crippen LogP contribution in [0.3, 0.4) is 0 Å². The number of anilines is 3. The first-order valence-corrected chi connectivity index (χ1v) is 10.4. The summed E-state index contributed by atoms with van der Waals surface area (Å²) < 4.78 is 14.0. The Morgan fingerprint density at radius 3 is 2.88 bits per heavy atom. The Hall–Kier alpha value is -4.18. The molecule has 0 spiro atoms. The Kier molecular flexibility index (Phi) is 5.04. The summed E-state index contributed by atoms with van der Waals surface area (Å²) in [6.07, 6.45) is 4.57. The van der Waals surface area contributed by atoms with Gasteiger partial charge in [0.2, 0.25) is 5.95 Å². The number of carbonyl (C=O) groups excluding carboxylic acids is 1. The van der Waals surface area contributed by atoms with E-state index >= 15 is 0 Å². The third-order valence-corrected chi connectivity index (χ3v) is 5.73. The molecule has 0 aliphatic rings. The first-order valence-electron chi connectivity index (χ1n) is 9.63. The topological polar surface area (TPSA) is 108 Å². The molecule has 0 radical (unpaired) electrons. The molecule has 5 aromatic rings. The van der Waals surface area contributed by atoms with Crippen LogP contribution in [0.1, 0.15) is 15.2 Å². The lowest BCUT2D eigenvalue weighted by atomic mass is 10.1. The molecule has 5 rings (SSSR count). The lowest BCUT2D eigenvalue weighted by Gasteiger charge is -2.08. The second kappa shape index (κ2) is 8.16. The molecule has 0 unspecified atom stereocenters. The largest absolute Gasteiger partial charge is 0.320 e. The van der Waals surface area contributed by atoms with Crippen LogP contribution >= 0.6 is 11.3 Å². The minimum absolute atomic E-state index is 0.272. The van der Waals surface area contributed by atoms with Crippen molar-refractivity contribution in [1.29, 1.82) is 0 Å². The standard InChI is InChI=1S/C22H16FN7OS/c1-12-7-8-16-14(10-26-30-16)19(12)29-21(31)17-11-25-22(32-17)28-18-6-2-5-15(27-18)13-4-3-9-24-20(13)23/h2-11H,1H3,(H,26,30)(H,29,31)(H,25,27,28). The van der Waals surface area contributed by atoms with Gasteiger partial charge in [0.1, 0.15) is 10.7 Å². The van der Waals surface area contributed by atoms with Gasteiger partial charge in [-0.3, -0.25) is 9.89 Å². The molecule has 32 heavy (non-hydrogen) atoms. The van der Waals surface area contributed by atoms with Crippen molar-refractivity contribution in [2.75, 3.05) is 10.6 Å². The molecule has 0 aliphatic carbocycles. The minimum Gasteiger partial charge on any atom is -0.320 e. The van der Waals surface area contributed by atoms with E-state index in [0.29, 0.717) is 32.8 Å². The van der Waals surface area contributed by atoms with E-state index in [2.05, 4.69) is 35.8 Å². The molecular weight excluding hydrogens is 429 g/mol. The highest BCUT2D eigenvalue weighted by molar-refractivity contribution is 7.17. The summed E-state index contributed by atoms with van der Waals surface area (Å²) in [5.74, 6) is -0.383. The van der Waals surface area contributed by atoms with Crippen molar-refractivity contribution in [2.24, 2.45) is 0 Å². The van der Waals surface area contributed by atoms with Crippen LogP contribution in [0.5, 0.6) is 0 Å². The summed E-state index contributed by atoms with van der Waals surface area (Å²) in [4.78, 5) is 25.6. The smallest absolute Gasteiger partial charge is 0.267 e. The fourth-order valence-corrected chi connectivity index (χ4v) is 3.96. The number of halogens is 1. The van der Waals surface area contributed by atoms with Gasteiger partial charge in [-0.2, -0.15) is 9.49 Å². The third-order valence-electron chi connectivity index (χ3n) is 4.82. The minimum atomic E-state index is -0.590. The number of thiazole rings is 1. The summed E-state index contributed by atoms with van der Waals surface area (Å²) in [5, 5.41) is 14.3. The van der Waals surface area contributed by atoms with Gasteiger partial charge >= 0.3 is 0 Å². The number of benzene rings is 1. The van der Waals surface area contributed by atoms with Gasteiger partial charge in [0.15, 0.2) is 5.13 Å². The molecule has 0 atom stereocenters. The SMILES string of the molecule is Cc1ccc2[nH]ncc2c1NC(=O)c1cnc(Nc2cccc(-c3cccnc3F)n2)s1. The molecule has 8 nitrogen and oxygen atoms in total. The number of pyridine rings is 2. The van der Waals surface area contributed by atoms with E-state index in [0.717, 1.165) is 16.5 Å². The average molecular weight is 445 g/mol. The van der Waals surface area contributed by atoms with E-state index in [4.69, 9.17) is 0 Å². The number of aromatic amines is 1. The molecule has 0 fully saturated rings. The molecule has 0 saturated heterocycles. The van der Waals surface area contributed by atoms with Gasteiger partial charge in [0, 0.05) is 11.6 Å². The normalized spacial score (nSPS) is 10.9. The number of H-pyrrole nitrogens is 1. The second-order valence-corrected chi connectivity index (χ2v) is 7.98. The zero-order valence-corrected chi connectivity index (χ0v) is 17.6. The maximum Gasteiger partial charge on any atom is 0.267 e. The van der Waals surface area contributed by atoms with Gasteiger partial charge in [0.25, 0.3) is 5.91 Å². The van der Waals surface area contributed by atoms with Crippen molar-refractivity contribution < 1.29 is 9.18 Å². The Morgan fingerprint density at radius 2 is 2.00 bits per heavy atom. The Balaban J connectivity index is 1.35. The highest BCUT2D eigenvalue weighted by Crippen LogP contribution is 2.28. The number of nitrogens with one attached hydrogen (secondary N) is 3. The van der Waals surface area contributed by atoms with Crippen molar-refractivity contribution in [2.45, 2.75) is 6.92 Å². The number of hydrogen-bond acceptors (Lipinski definition) is 7. The van der Waals surface area contributed by atoms with Gasteiger partial charge in [-0.15, -0.1) is 0 Å².